The molecule has 0 saturated carbocycles. The second kappa shape index (κ2) is 8.58. The minimum absolute atomic E-state index is 0.0423. The molecule has 1 aromatic heterocycles. The van der Waals surface area contributed by atoms with Gasteiger partial charge in [0.25, 0.3) is 0 Å². The average Bonchev–Trinajstić information content (AvgIpc) is 3.10. The van der Waals surface area contributed by atoms with E-state index in [1.807, 2.05) is 5.38 Å². The summed E-state index contributed by atoms with van der Waals surface area (Å²) in [7, 11) is -2.89. The standard InChI is InChI=1S/C17H27N3O3S3/c1-12-5-13(2)7-20(6-12)8-14-9-25-17(18-14)19-16(21)10-24-15-3-4-26(22,23)11-15/h9,12-13,15H,3-8,10-11H2,1-2H3,(H,18,19,21)/t12-,13-,15+/m1/s1. The lowest BCUT2D eigenvalue weighted by molar-refractivity contribution is -0.113. The average molecular weight is 418 g/mol. The molecule has 0 aromatic carbocycles. The van der Waals surface area contributed by atoms with Crippen LogP contribution in [0.15, 0.2) is 5.38 Å². The maximum atomic E-state index is 12.1. The van der Waals surface area contributed by atoms with Gasteiger partial charge in [0.15, 0.2) is 15.0 Å². The van der Waals surface area contributed by atoms with E-state index in [0.29, 0.717) is 23.4 Å². The highest BCUT2D eigenvalue weighted by molar-refractivity contribution is 8.02. The van der Waals surface area contributed by atoms with Crippen molar-refractivity contribution in [3.63, 3.8) is 0 Å². The molecule has 2 saturated heterocycles. The SMILES string of the molecule is C[C@@H]1C[C@@H](C)CN(Cc2csc(NC(=O)CS[C@H]3CCS(=O)(=O)C3)n2)C1. The summed E-state index contributed by atoms with van der Waals surface area (Å²) >= 11 is 2.88. The van der Waals surface area contributed by atoms with Gasteiger partial charge < -0.3 is 5.32 Å². The van der Waals surface area contributed by atoms with Crippen LogP contribution in [0.1, 0.15) is 32.4 Å². The van der Waals surface area contributed by atoms with E-state index in [1.165, 1.54) is 29.5 Å². The fourth-order valence-electron chi connectivity index (χ4n) is 3.83. The third kappa shape index (κ3) is 5.94. The van der Waals surface area contributed by atoms with Gasteiger partial charge in [-0.05, 0) is 24.7 Å². The van der Waals surface area contributed by atoms with Crippen molar-refractivity contribution in [1.82, 2.24) is 9.88 Å². The summed E-state index contributed by atoms with van der Waals surface area (Å²) in [5, 5.41) is 5.52. The maximum Gasteiger partial charge on any atom is 0.236 e. The van der Waals surface area contributed by atoms with Crippen LogP contribution in [0.5, 0.6) is 0 Å². The van der Waals surface area contributed by atoms with Crippen LogP contribution < -0.4 is 5.32 Å². The number of anilines is 1. The van der Waals surface area contributed by atoms with Gasteiger partial charge in [0, 0.05) is 30.3 Å². The molecule has 146 valence electrons. The fraction of sp³-hybridized carbons (Fsp3) is 0.765. The van der Waals surface area contributed by atoms with E-state index in [4.69, 9.17) is 0 Å². The summed E-state index contributed by atoms with van der Waals surface area (Å²) in [4.78, 5) is 19.1. The molecule has 0 aliphatic carbocycles. The molecule has 2 fully saturated rings. The lowest BCUT2D eigenvalue weighted by Crippen LogP contribution is -2.38. The number of hydrogen-bond acceptors (Lipinski definition) is 7. The molecule has 0 unspecified atom stereocenters. The molecule has 1 amide bonds. The summed E-state index contributed by atoms with van der Waals surface area (Å²) in [6.45, 7) is 7.62. The predicted octanol–water partition coefficient (Wildman–Crippen LogP) is 2.48. The van der Waals surface area contributed by atoms with Crippen LogP contribution >= 0.6 is 23.1 Å². The minimum Gasteiger partial charge on any atom is -0.301 e. The van der Waals surface area contributed by atoms with Crippen LogP contribution in [0.2, 0.25) is 0 Å². The van der Waals surface area contributed by atoms with Crippen molar-refractivity contribution in [3.05, 3.63) is 11.1 Å². The summed E-state index contributed by atoms with van der Waals surface area (Å²) in [6, 6.07) is 0. The van der Waals surface area contributed by atoms with Crippen LogP contribution in [0.4, 0.5) is 5.13 Å². The molecule has 0 radical (unpaired) electrons. The molecular formula is C17H27N3O3S3. The number of rotatable bonds is 6. The smallest absolute Gasteiger partial charge is 0.236 e. The number of hydrogen-bond donors (Lipinski definition) is 1. The number of carbonyl (C=O) groups excluding carboxylic acids is 1. The monoisotopic (exact) mass is 417 g/mol. The molecule has 3 atom stereocenters. The number of thioether (sulfide) groups is 1. The van der Waals surface area contributed by atoms with Crippen molar-refractivity contribution in [2.45, 2.75) is 38.5 Å². The fourth-order valence-corrected chi connectivity index (χ4v) is 7.99. The maximum absolute atomic E-state index is 12.1. The lowest BCUT2D eigenvalue weighted by Gasteiger charge is -2.34. The predicted molar refractivity (Wildman–Crippen MR) is 108 cm³/mol. The van der Waals surface area contributed by atoms with Crippen molar-refractivity contribution in [2.75, 3.05) is 35.7 Å². The molecule has 1 aromatic rings. The van der Waals surface area contributed by atoms with Gasteiger partial charge in [-0.1, -0.05) is 13.8 Å². The van der Waals surface area contributed by atoms with Crippen molar-refractivity contribution < 1.29 is 13.2 Å². The van der Waals surface area contributed by atoms with Gasteiger partial charge in [0.1, 0.15) is 0 Å². The van der Waals surface area contributed by atoms with Gasteiger partial charge in [0.05, 0.1) is 23.0 Å². The first kappa shape index (κ1) is 20.1. The van der Waals surface area contributed by atoms with Gasteiger partial charge in [-0.3, -0.25) is 9.69 Å². The largest absolute Gasteiger partial charge is 0.301 e. The number of likely N-dealkylation sites (tertiary alicyclic amines) is 1. The number of sulfone groups is 1. The van der Waals surface area contributed by atoms with Gasteiger partial charge in [0.2, 0.25) is 5.91 Å². The van der Waals surface area contributed by atoms with Gasteiger partial charge in [-0.2, -0.15) is 0 Å². The van der Waals surface area contributed by atoms with E-state index < -0.39 is 9.84 Å². The van der Waals surface area contributed by atoms with Crippen LogP contribution in [-0.4, -0.2) is 59.8 Å². The Morgan fingerprint density at radius 1 is 1.38 bits per heavy atom. The quantitative estimate of drug-likeness (QED) is 0.766. The van der Waals surface area contributed by atoms with Crippen LogP contribution in [-0.2, 0) is 21.2 Å². The third-order valence-corrected chi connectivity index (χ3v) is 8.86. The van der Waals surface area contributed by atoms with Crippen molar-refractivity contribution in [3.8, 4) is 0 Å². The van der Waals surface area contributed by atoms with Crippen molar-refractivity contribution in [1.29, 1.82) is 0 Å². The van der Waals surface area contributed by atoms with Gasteiger partial charge in [-0.25, -0.2) is 13.4 Å². The number of nitrogens with one attached hydrogen (secondary N) is 1. The molecule has 2 aliphatic heterocycles. The number of carbonyl (C=O) groups is 1. The zero-order valence-corrected chi connectivity index (χ0v) is 17.8. The van der Waals surface area contributed by atoms with Crippen LogP contribution in [0.3, 0.4) is 0 Å². The number of thiazole rings is 1. The molecule has 0 spiro atoms. The van der Waals surface area contributed by atoms with Crippen LogP contribution in [0, 0.1) is 11.8 Å². The van der Waals surface area contributed by atoms with E-state index in [-0.39, 0.29) is 28.4 Å². The Morgan fingerprint density at radius 2 is 2.12 bits per heavy atom. The highest BCUT2D eigenvalue weighted by Crippen LogP contribution is 2.26. The molecule has 6 nitrogen and oxygen atoms in total. The molecular weight excluding hydrogens is 390 g/mol. The second-order valence-electron chi connectivity index (χ2n) is 7.67. The minimum atomic E-state index is -2.89. The Bertz CT molecular complexity index is 725. The molecule has 9 heteroatoms. The summed E-state index contributed by atoms with van der Waals surface area (Å²) in [5.41, 5.74) is 1.00. The van der Waals surface area contributed by atoms with E-state index in [1.54, 1.807) is 0 Å². The number of aromatic nitrogens is 1. The van der Waals surface area contributed by atoms with Crippen molar-refractivity contribution in [2.24, 2.45) is 11.8 Å². The first-order chi connectivity index (χ1) is 12.3. The van der Waals surface area contributed by atoms with Gasteiger partial charge in [-0.15, -0.1) is 23.1 Å². The summed E-state index contributed by atoms with van der Waals surface area (Å²) < 4.78 is 22.9. The number of nitrogens with zero attached hydrogens (tertiary/aromatic N) is 2. The Hall–Kier alpha value is -0.640. The lowest BCUT2D eigenvalue weighted by atomic mass is 9.92. The molecule has 2 aliphatic rings. The Labute approximate surface area is 164 Å². The summed E-state index contributed by atoms with van der Waals surface area (Å²) in [6.07, 6.45) is 1.93. The first-order valence-corrected chi connectivity index (χ1v) is 12.8. The number of amides is 1. The third-order valence-electron chi connectivity index (χ3n) is 4.77. The Balaban J connectivity index is 1.43. The molecule has 26 heavy (non-hydrogen) atoms. The highest BCUT2D eigenvalue weighted by atomic mass is 32.2. The second-order valence-corrected chi connectivity index (χ2v) is 12.0. The number of piperidine rings is 1. The highest BCUT2D eigenvalue weighted by Gasteiger charge is 2.28. The van der Waals surface area contributed by atoms with E-state index in [0.717, 1.165) is 25.3 Å². The summed E-state index contributed by atoms with van der Waals surface area (Å²) in [5.74, 6) is 2.03. The van der Waals surface area contributed by atoms with E-state index >= 15 is 0 Å². The normalized spacial score (nSPS) is 28.9. The molecule has 1 N–H and O–H groups in total. The molecule has 3 heterocycles. The zero-order valence-electron chi connectivity index (χ0n) is 15.3. The molecule has 0 bridgehead atoms. The van der Waals surface area contributed by atoms with Gasteiger partial charge >= 0.3 is 0 Å². The Kier molecular flexibility index (Phi) is 6.63. The first-order valence-electron chi connectivity index (χ1n) is 9.07. The van der Waals surface area contributed by atoms with E-state index in [2.05, 4.69) is 29.0 Å². The van der Waals surface area contributed by atoms with Crippen molar-refractivity contribution >= 4 is 44.0 Å². The molecule has 3 rings (SSSR count). The zero-order chi connectivity index (χ0) is 18.7. The Morgan fingerprint density at radius 3 is 2.77 bits per heavy atom. The van der Waals surface area contributed by atoms with Crippen LogP contribution in [0.25, 0.3) is 0 Å². The topological polar surface area (TPSA) is 79.4 Å². The van der Waals surface area contributed by atoms with E-state index in [9.17, 15) is 13.2 Å².